The van der Waals surface area contributed by atoms with Crippen molar-refractivity contribution in [2.45, 2.75) is 13.0 Å². The summed E-state index contributed by atoms with van der Waals surface area (Å²) in [5, 5.41) is 1.82. The Bertz CT molecular complexity index is 547. The fourth-order valence-corrected chi connectivity index (χ4v) is 1.84. The van der Waals surface area contributed by atoms with E-state index in [1.165, 1.54) is 26.2 Å². The normalized spacial score (nSPS) is 11.3. The number of nitrogens with two attached hydrogens (primary N) is 1. The predicted molar refractivity (Wildman–Crippen MR) is 73.3 cm³/mol. The first-order valence-electron chi connectivity index (χ1n) is 5.50. The van der Waals surface area contributed by atoms with Gasteiger partial charge in [-0.2, -0.15) is 0 Å². The molecule has 1 aromatic rings. The van der Waals surface area contributed by atoms with Crippen molar-refractivity contribution < 1.29 is 23.9 Å². The predicted octanol–water partition coefficient (Wildman–Crippen LogP) is 1.20. The zero-order chi connectivity index (χ0) is 15.3. The first-order chi connectivity index (χ1) is 9.35. The van der Waals surface area contributed by atoms with Crippen LogP contribution in [0.3, 0.4) is 0 Å². The molecular formula is C12H13BrN2O5. The van der Waals surface area contributed by atoms with Gasteiger partial charge in [0.05, 0.1) is 17.1 Å². The number of amides is 3. The SMILES string of the molecule is COc1ccc(C(=O)OC(C)C(=O)NC(N)=O)cc1Br. The number of carbonyl (C=O) groups is 3. The number of imide groups is 1. The van der Waals surface area contributed by atoms with E-state index >= 15 is 0 Å². The molecule has 108 valence electrons. The van der Waals surface area contributed by atoms with Crippen molar-refractivity contribution >= 4 is 33.8 Å². The quantitative estimate of drug-likeness (QED) is 0.797. The molecule has 0 saturated carbocycles. The van der Waals surface area contributed by atoms with E-state index in [4.69, 9.17) is 15.2 Å². The molecule has 0 saturated heterocycles. The monoisotopic (exact) mass is 344 g/mol. The van der Waals surface area contributed by atoms with Gasteiger partial charge in [0.15, 0.2) is 6.10 Å². The van der Waals surface area contributed by atoms with Crippen molar-refractivity contribution in [1.82, 2.24) is 5.32 Å². The van der Waals surface area contributed by atoms with Crippen LogP contribution >= 0.6 is 15.9 Å². The van der Waals surface area contributed by atoms with Gasteiger partial charge < -0.3 is 15.2 Å². The topological polar surface area (TPSA) is 108 Å². The molecule has 1 aromatic carbocycles. The lowest BCUT2D eigenvalue weighted by Crippen LogP contribution is -2.42. The Morgan fingerprint density at radius 2 is 2.00 bits per heavy atom. The lowest BCUT2D eigenvalue weighted by molar-refractivity contribution is -0.127. The molecule has 1 rings (SSSR count). The summed E-state index contributed by atoms with van der Waals surface area (Å²) in [5.74, 6) is -0.944. The number of hydrogen-bond donors (Lipinski definition) is 2. The van der Waals surface area contributed by atoms with Crippen LogP contribution in [-0.2, 0) is 9.53 Å². The third-order valence-electron chi connectivity index (χ3n) is 2.29. The van der Waals surface area contributed by atoms with Crippen LogP contribution in [0.15, 0.2) is 22.7 Å². The summed E-state index contributed by atoms with van der Waals surface area (Å²) in [6.07, 6.45) is -1.14. The van der Waals surface area contributed by atoms with Gasteiger partial charge in [0.1, 0.15) is 5.75 Å². The maximum absolute atomic E-state index is 11.8. The number of carbonyl (C=O) groups excluding carboxylic acids is 3. The number of nitrogens with one attached hydrogen (secondary N) is 1. The Labute approximate surface area is 123 Å². The summed E-state index contributed by atoms with van der Waals surface area (Å²) in [7, 11) is 1.49. The number of benzene rings is 1. The minimum atomic E-state index is -1.14. The average Bonchev–Trinajstić information content (AvgIpc) is 2.37. The molecule has 0 aliphatic heterocycles. The van der Waals surface area contributed by atoms with Gasteiger partial charge in [0.25, 0.3) is 5.91 Å². The Hall–Kier alpha value is -2.09. The first-order valence-corrected chi connectivity index (χ1v) is 6.29. The molecular weight excluding hydrogens is 332 g/mol. The first kappa shape index (κ1) is 16.0. The van der Waals surface area contributed by atoms with E-state index in [0.717, 1.165) is 0 Å². The molecule has 1 atom stereocenters. The molecule has 1 unspecified atom stereocenters. The Balaban J connectivity index is 2.73. The molecule has 0 fully saturated rings. The van der Waals surface area contributed by atoms with Gasteiger partial charge in [-0.15, -0.1) is 0 Å². The molecule has 7 nitrogen and oxygen atoms in total. The molecule has 0 aliphatic carbocycles. The second kappa shape index (κ2) is 6.90. The standard InChI is InChI=1S/C12H13BrN2O5/c1-6(10(16)15-12(14)18)20-11(17)7-3-4-9(19-2)8(13)5-7/h3-6H,1-2H3,(H3,14,15,16,18). The number of esters is 1. The summed E-state index contributed by atoms with van der Waals surface area (Å²) in [4.78, 5) is 33.7. The van der Waals surface area contributed by atoms with Gasteiger partial charge in [-0.1, -0.05) is 0 Å². The van der Waals surface area contributed by atoms with Crippen LogP contribution < -0.4 is 15.8 Å². The smallest absolute Gasteiger partial charge is 0.338 e. The third-order valence-corrected chi connectivity index (χ3v) is 2.91. The number of halogens is 1. The number of urea groups is 1. The summed E-state index contributed by atoms with van der Waals surface area (Å²) in [6.45, 7) is 1.33. The van der Waals surface area contributed by atoms with Crippen LogP contribution in [0, 0.1) is 0 Å². The van der Waals surface area contributed by atoms with E-state index in [2.05, 4.69) is 15.9 Å². The fourth-order valence-electron chi connectivity index (χ4n) is 1.30. The van der Waals surface area contributed by atoms with Crippen molar-refractivity contribution in [2.75, 3.05) is 7.11 Å². The van der Waals surface area contributed by atoms with E-state index in [1.807, 2.05) is 5.32 Å². The van der Waals surface area contributed by atoms with Crippen LogP contribution in [0.1, 0.15) is 17.3 Å². The minimum absolute atomic E-state index is 0.233. The summed E-state index contributed by atoms with van der Waals surface area (Å²) in [5.41, 5.74) is 5.03. The van der Waals surface area contributed by atoms with Crippen molar-refractivity contribution in [3.8, 4) is 5.75 Å². The molecule has 0 aliphatic rings. The minimum Gasteiger partial charge on any atom is -0.496 e. The molecule has 20 heavy (non-hydrogen) atoms. The van der Waals surface area contributed by atoms with Crippen LogP contribution in [0.25, 0.3) is 0 Å². The number of hydrogen-bond acceptors (Lipinski definition) is 5. The molecule has 0 bridgehead atoms. The number of rotatable bonds is 4. The van der Waals surface area contributed by atoms with Gasteiger partial charge in [0, 0.05) is 0 Å². The highest BCUT2D eigenvalue weighted by Gasteiger charge is 2.20. The van der Waals surface area contributed by atoms with E-state index in [9.17, 15) is 14.4 Å². The zero-order valence-corrected chi connectivity index (χ0v) is 12.4. The third kappa shape index (κ3) is 4.23. The molecule has 3 N–H and O–H groups in total. The van der Waals surface area contributed by atoms with Crippen LogP contribution in [0.2, 0.25) is 0 Å². The van der Waals surface area contributed by atoms with Gasteiger partial charge in [0.2, 0.25) is 0 Å². The van der Waals surface area contributed by atoms with Gasteiger partial charge in [-0.05, 0) is 41.1 Å². The maximum Gasteiger partial charge on any atom is 0.338 e. The molecule has 0 spiro atoms. The molecule has 0 radical (unpaired) electrons. The van der Waals surface area contributed by atoms with Crippen LogP contribution in [0.5, 0.6) is 5.75 Å². The largest absolute Gasteiger partial charge is 0.496 e. The number of methoxy groups -OCH3 is 1. The van der Waals surface area contributed by atoms with Crippen LogP contribution in [-0.4, -0.2) is 31.1 Å². The lowest BCUT2D eigenvalue weighted by atomic mass is 10.2. The molecule has 8 heteroatoms. The van der Waals surface area contributed by atoms with Crippen molar-refractivity contribution in [3.63, 3.8) is 0 Å². The highest BCUT2D eigenvalue weighted by molar-refractivity contribution is 9.10. The second-order valence-corrected chi connectivity index (χ2v) is 4.60. The maximum atomic E-state index is 11.8. The second-order valence-electron chi connectivity index (χ2n) is 3.75. The number of primary amides is 1. The highest BCUT2D eigenvalue weighted by atomic mass is 79.9. The van der Waals surface area contributed by atoms with Crippen molar-refractivity contribution in [2.24, 2.45) is 5.73 Å². The summed E-state index contributed by atoms with van der Waals surface area (Å²) >= 11 is 3.23. The van der Waals surface area contributed by atoms with Gasteiger partial charge in [-0.3, -0.25) is 10.1 Å². The fraction of sp³-hybridized carbons (Fsp3) is 0.250. The van der Waals surface area contributed by atoms with E-state index in [-0.39, 0.29) is 5.56 Å². The van der Waals surface area contributed by atoms with E-state index < -0.39 is 24.0 Å². The molecule has 3 amide bonds. The van der Waals surface area contributed by atoms with Crippen molar-refractivity contribution in [1.29, 1.82) is 0 Å². The molecule has 0 aromatic heterocycles. The Kier molecular flexibility index (Phi) is 5.51. The zero-order valence-electron chi connectivity index (χ0n) is 10.8. The van der Waals surface area contributed by atoms with E-state index in [0.29, 0.717) is 10.2 Å². The van der Waals surface area contributed by atoms with Crippen LogP contribution in [0.4, 0.5) is 4.79 Å². The van der Waals surface area contributed by atoms with E-state index in [1.54, 1.807) is 6.07 Å². The van der Waals surface area contributed by atoms with Gasteiger partial charge in [-0.25, -0.2) is 9.59 Å². The lowest BCUT2D eigenvalue weighted by Gasteiger charge is -2.12. The Morgan fingerprint density at radius 3 is 2.50 bits per heavy atom. The summed E-state index contributed by atoms with van der Waals surface area (Å²) < 4.78 is 10.5. The average molecular weight is 345 g/mol. The highest BCUT2D eigenvalue weighted by Crippen LogP contribution is 2.25. The molecule has 0 heterocycles. The number of ether oxygens (including phenoxy) is 2. The Morgan fingerprint density at radius 1 is 1.35 bits per heavy atom. The summed E-state index contributed by atoms with van der Waals surface area (Å²) in [6, 6.07) is 3.56. The van der Waals surface area contributed by atoms with Crippen molar-refractivity contribution in [3.05, 3.63) is 28.2 Å². The van der Waals surface area contributed by atoms with Gasteiger partial charge >= 0.3 is 12.0 Å².